The van der Waals surface area contributed by atoms with Gasteiger partial charge in [0, 0.05) is 6.20 Å². The molecular formula is C11H9ClF3N3O3. The fourth-order valence-electron chi connectivity index (χ4n) is 1.65. The fourth-order valence-corrected chi connectivity index (χ4v) is 1.87. The molecule has 0 spiro atoms. The molecule has 0 unspecified atom stereocenters. The van der Waals surface area contributed by atoms with Gasteiger partial charge in [0.15, 0.2) is 5.71 Å². The van der Waals surface area contributed by atoms with E-state index in [1.54, 1.807) is 0 Å². The molecule has 1 aliphatic heterocycles. The lowest BCUT2D eigenvalue weighted by Gasteiger charge is -2.17. The standard InChI is InChI=1S/C11H9ClF3N3O3/c1-4-7(10(19)20)18-21-9(4)17-8-6(12)2-5(3-16-8)11(13,14)15/h2-4,9H,1H3,(H,16,17)(H,19,20)/t4-,9+/m0/s1. The van der Waals surface area contributed by atoms with Crippen molar-refractivity contribution < 1.29 is 27.9 Å². The van der Waals surface area contributed by atoms with E-state index in [4.69, 9.17) is 21.5 Å². The molecule has 10 heteroatoms. The normalized spacial score (nSPS) is 21.7. The van der Waals surface area contributed by atoms with Crippen LogP contribution in [0.1, 0.15) is 12.5 Å². The van der Waals surface area contributed by atoms with E-state index >= 15 is 0 Å². The number of aliphatic carboxylic acids is 1. The number of carbonyl (C=O) groups is 1. The Hall–Kier alpha value is -2.03. The molecule has 2 heterocycles. The lowest BCUT2D eigenvalue weighted by molar-refractivity contribution is -0.137. The van der Waals surface area contributed by atoms with Gasteiger partial charge in [-0.05, 0) is 6.07 Å². The van der Waals surface area contributed by atoms with Crippen molar-refractivity contribution in [2.75, 3.05) is 5.32 Å². The number of nitrogens with one attached hydrogen (secondary N) is 1. The molecule has 1 aliphatic rings. The highest BCUT2D eigenvalue weighted by atomic mass is 35.5. The first-order chi connectivity index (χ1) is 9.70. The van der Waals surface area contributed by atoms with Gasteiger partial charge in [-0.25, -0.2) is 9.78 Å². The summed E-state index contributed by atoms with van der Waals surface area (Å²) in [7, 11) is 0. The number of halogens is 4. The van der Waals surface area contributed by atoms with Crippen molar-refractivity contribution in [1.82, 2.24) is 4.98 Å². The van der Waals surface area contributed by atoms with Crippen LogP contribution in [0.3, 0.4) is 0 Å². The van der Waals surface area contributed by atoms with Gasteiger partial charge in [-0.1, -0.05) is 23.7 Å². The number of alkyl halides is 3. The maximum atomic E-state index is 12.5. The van der Waals surface area contributed by atoms with Gasteiger partial charge >= 0.3 is 12.1 Å². The summed E-state index contributed by atoms with van der Waals surface area (Å²) in [6.07, 6.45) is -4.81. The number of hydrogen-bond donors (Lipinski definition) is 2. The Morgan fingerprint density at radius 2 is 2.19 bits per heavy atom. The molecule has 0 saturated carbocycles. The minimum Gasteiger partial charge on any atom is -0.477 e. The monoisotopic (exact) mass is 323 g/mol. The Labute approximate surface area is 121 Å². The second-order valence-electron chi connectivity index (χ2n) is 4.29. The van der Waals surface area contributed by atoms with Crippen LogP contribution in [0.25, 0.3) is 0 Å². The van der Waals surface area contributed by atoms with E-state index in [-0.39, 0.29) is 16.6 Å². The van der Waals surface area contributed by atoms with Crippen molar-refractivity contribution in [3.05, 3.63) is 22.8 Å². The van der Waals surface area contributed by atoms with Crippen molar-refractivity contribution in [2.24, 2.45) is 11.1 Å². The number of anilines is 1. The number of carboxylic acid groups (broad SMARTS) is 1. The molecule has 114 valence electrons. The fraction of sp³-hybridized carbons (Fsp3) is 0.364. The predicted octanol–water partition coefficient (Wildman–Crippen LogP) is 2.60. The van der Waals surface area contributed by atoms with Crippen LogP contribution in [0.2, 0.25) is 5.02 Å². The zero-order chi connectivity index (χ0) is 15.8. The molecule has 0 aromatic carbocycles. The Morgan fingerprint density at radius 3 is 2.67 bits per heavy atom. The van der Waals surface area contributed by atoms with E-state index in [1.807, 2.05) is 0 Å². The molecule has 2 N–H and O–H groups in total. The SMILES string of the molecule is C[C@H]1C(C(=O)O)=NO[C@H]1Nc1ncc(C(F)(F)F)cc1Cl. The van der Waals surface area contributed by atoms with Gasteiger partial charge in [-0.15, -0.1) is 0 Å². The Kier molecular flexibility index (Phi) is 3.95. The van der Waals surface area contributed by atoms with Crippen LogP contribution in [-0.4, -0.2) is 28.0 Å². The number of pyridine rings is 1. The average Bonchev–Trinajstić information content (AvgIpc) is 2.72. The summed E-state index contributed by atoms with van der Waals surface area (Å²) in [6, 6.07) is 0.718. The van der Waals surface area contributed by atoms with Gasteiger partial charge in [-0.2, -0.15) is 13.2 Å². The maximum absolute atomic E-state index is 12.5. The van der Waals surface area contributed by atoms with E-state index in [0.29, 0.717) is 6.20 Å². The van der Waals surface area contributed by atoms with Crippen molar-refractivity contribution in [2.45, 2.75) is 19.3 Å². The van der Waals surface area contributed by atoms with E-state index in [9.17, 15) is 18.0 Å². The number of rotatable bonds is 3. The summed E-state index contributed by atoms with van der Waals surface area (Å²) >= 11 is 5.73. The van der Waals surface area contributed by atoms with Crippen LogP contribution in [0.5, 0.6) is 0 Å². The Morgan fingerprint density at radius 1 is 1.52 bits per heavy atom. The number of hydrogen-bond acceptors (Lipinski definition) is 5. The predicted molar refractivity (Wildman–Crippen MR) is 67.0 cm³/mol. The van der Waals surface area contributed by atoms with Gasteiger partial charge in [0.25, 0.3) is 0 Å². The molecule has 1 aromatic rings. The second kappa shape index (κ2) is 5.40. The van der Waals surface area contributed by atoms with E-state index in [1.165, 1.54) is 6.92 Å². The van der Waals surface area contributed by atoms with Crippen LogP contribution >= 0.6 is 11.6 Å². The number of aromatic nitrogens is 1. The third-order valence-corrected chi connectivity index (χ3v) is 3.10. The third-order valence-electron chi connectivity index (χ3n) is 2.82. The second-order valence-corrected chi connectivity index (χ2v) is 4.70. The highest BCUT2D eigenvalue weighted by Gasteiger charge is 2.36. The zero-order valence-corrected chi connectivity index (χ0v) is 11.2. The summed E-state index contributed by atoms with van der Waals surface area (Å²) in [4.78, 5) is 19.3. The first kappa shape index (κ1) is 15.4. The summed E-state index contributed by atoms with van der Waals surface area (Å²) < 4.78 is 37.4. The van der Waals surface area contributed by atoms with Gasteiger partial charge in [0.05, 0.1) is 16.5 Å². The lowest BCUT2D eigenvalue weighted by Crippen LogP contribution is -2.31. The molecular weight excluding hydrogens is 315 g/mol. The molecule has 0 saturated heterocycles. The third kappa shape index (κ3) is 3.18. The molecule has 2 atom stereocenters. The van der Waals surface area contributed by atoms with Crippen LogP contribution < -0.4 is 5.32 Å². The molecule has 6 nitrogen and oxygen atoms in total. The molecule has 21 heavy (non-hydrogen) atoms. The molecule has 0 bridgehead atoms. The topological polar surface area (TPSA) is 83.8 Å². The highest BCUT2D eigenvalue weighted by molar-refractivity contribution is 6.36. The minimum atomic E-state index is -4.55. The minimum absolute atomic E-state index is 0.0524. The van der Waals surface area contributed by atoms with E-state index < -0.39 is 29.9 Å². The molecule has 1 aromatic heterocycles. The first-order valence-electron chi connectivity index (χ1n) is 5.66. The molecule has 0 amide bonds. The van der Waals surface area contributed by atoms with Crippen LogP contribution in [-0.2, 0) is 15.8 Å². The number of carboxylic acids is 1. The molecule has 0 aliphatic carbocycles. The summed E-state index contributed by atoms with van der Waals surface area (Å²) in [5.74, 6) is -1.91. The van der Waals surface area contributed by atoms with Gasteiger partial charge in [-0.3, -0.25) is 0 Å². The molecule has 0 fully saturated rings. The van der Waals surface area contributed by atoms with Crippen molar-refractivity contribution in [3.63, 3.8) is 0 Å². The number of nitrogens with zero attached hydrogens (tertiary/aromatic N) is 2. The van der Waals surface area contributed by atoms with E-state index in [2.05, 4.69) is 15.5 Å². The highest BCUT2D eigenvalue weighted by Crippen LogP contribution is 2.33. The Bertz CT molecular complexity index is 606. The lowest BCUT2D eigenvalue weighted by atomic mass is 10.1. The largest absolute Gasteiger partial charge is 0.477 e. The molecule has 0 radical (unpaired) electrons. The van der Waals surface area contributed by atoms with Crippen molar-refractivity contribution in [1.29, 1.82) is 0 Å². The zero-order valence-electron chi connectivity index (χ0n) is 10.5. The van der Waals surface area contributed by atoms with Gasteiger partial charge in [0.1, 0.15) is 5.82 Å². The smallest absolute Gasteiger partial charge is 0.417 e. The summed E-state index contributed by atoms with van der Waals surface area (Å²) in [6.45, 7) is 1.54. The van der Waals surface area contributed by atoms with Gasteiger partial charge in [0.2, 0.25) is 6.23 Å². The quantitative estimate of drug-likeness (QED) is 0.893. The van der Waals surface area contributed by atoms with Crippen LogP contribution in [0, 0.1) is 5.92 Å². The molecule has 2 rings (SSSR count). The maximum Gasteiger partial charge on any atom is 0.417 e. The van der Waals surface area contributed by atoms with Gasteiger partial charge < -0.3 is 15.3 Å². The van der Waals surface area contributed by atoms with Crippen molar-refractivity contribution >= 4 is 29.1 Å². The summed E-state index contributed by atoms with van der Waals surface area (Å²) in [5, 5.41) is 14.6. The average molecular weight is 324 g/mol. The number of oxime groups is 1. The summed E-state index contributed by atoms with van der Waals surface area (Å²) in [5.41, 5.74) is -1.18. The van der Waals surface area contributed by atoms with Crippen LogP contribution in [0.4, 0.5) is 19.0 Å². The van der Waals surface area contributed by atoms with Crippen molar-refractivity contribution in [3.8, 4) is 0 Å². The van der Waals surface area contributed by atoms with E-state index in [0.717, 1.165) is 6.07 Å². The van der Waals surface area contributed by atoms with Crippen LogP contribution in [0.15, 0.2) is 17.4 Å². The Balaban J connectivity index is 2.14. The first-order valence-corrected chi connectivity index (χ1v) is 6.04.